The molecule has 25 heavy (non-hydrogen) atoms. The highest BCUT2D eigenvalue weighted by Crippen LogP contribution is 2.06. The van der Waals surface area contributed by atoms with Gasteiger partial charge in [-0.3, -0.25) is 4.98 Å². The molecule has 0 unspecified atom stereocenters. The van der Waals surface area contributed by atoms with Gasteiger partial charge in [-0.1, -0.05) is 42.5 Å². The minimum absolute atomic E-state index is 0.245. The number of benzene rings is 1. The molecule has 6 heteroatoms. The van der Waals surface area contributed by atoms with Crippen LogP contribution in [0.1, 0.15) is 27.9 Å². The van der Waals surface area contributed by atoms with Gasteiger partial charge in [0.15, 0.2) is 0 Å². The van der Waals surface area contributed by atoms with Crippen LogP contribution in [-0.2, 0) is 16.1 Å². The van der Waals surface area contributed by atoms with Gasteiger partial charge >= 0.3 is 12.1 Å². The molecule has 0 aliphatic heterocycles. The third-order valence-corrected chi connectivity index (χ3v) is 3.28. The number of nitrogens with zero attached hydrogens (tertiary/aromatic N) is 1. The fraction of sp³-hybridized carbons (Fsp3) is 0.211. The van der Waals surface area contributed by atoms with Crippen molar-refractivity contribution in [1.82, 2.24) is 10.3 Å². The van der Waals surface area contributed by atoms with Gasteiger partial charge in [0.2, 0.25) is 0 Å². The van der Waals surface area contributed by atoms with Crippen molar-refractivity contribution >= 4 is 18.1 Å². The number of ether oxygens (including phenoxy) is 2. The van der Waals surface area contributed by atoms with Crippen molar-refractivity contribution in [3.63, 3.8) is 0 Å². The Bertz CT molecular complexity index is 729. The zero-order valence-corrected chi connectivity index (χ0v) is 14.0. The van der Waals surface area contributed by atoms with E-state index in [1.807, 2.05) is 42.5 Å². The molecule has 0 saturated heterocycles. The van der Waals surface area contributed by atoms with Gasteiger partial charge in [0.1, 0.15) is 6.61 Å². The third-order valence-electron chi connectivity index (χ3n) is 3.28. The SMILES string of the molecule is COC(=O)c1cncc(C=CCCNC(=O)OCc2ccccc2)c1. The summed E-state index contributed by atoms with van der Waals surface area (Å²) < 4.78 is 9.76. The molecule has 0 radical (unpaired) electrons. The Morgan fingerprint density at radius 1 is 1.20 bits per heavy atom. The van der Waals surface area contributed by atoms with E-state index in [9.17, 15) is 9.59 Å². The second-order valence-corrected chi connectivity index (χ2v) is 5.18. The van der Waals surface area contributed by atoms with Crippen molar-refractivity contribution < 1.29 is 19.1 Å². The number of aromatic nitrogens is 1. The summed E-state index contributed by atoms with van der Waals surface area (Å²) in [5, 5.41) is 2.68. The van der Waals surface area contributed by atoms with Gasteiger partial charge in [-0.15, -0.1) is 0 Å². The first-order valence-electron chi connectivity index (χ1n) is 7.83. The zero-order valence-electron chi connectivity index (χ0n) is 14.0. The average Bonchev–Trinajstić information content (AvgIpc) is 2.66. The lowest BCUT2D eigenvalue weighted by Gasteiger charge is -2.05. The first-order valence-corrected chi connectivity index (χ1v) is 7.83. The van der Waals surface area contributed by atoms with E-state index < -0.39 is 12.1 Å². The Hall–Kier alpha value is -3.15. The topological polar surface area (TPSA) is 77.5 Å². The zero-order chi connectivity index (χ0) is 17.9. The standard InChI is InChI=1S/C19H20N2O4/c1-24-18(22)17-11-16(12-20-13-17)9-5-6-10-21-19(23)25-14-15-7-3-2-4-8-15/h2-5,7-9,11-13H,6,10,14H2,1H3,(H,21,23). The highest BCUT2D eigenvalue weighted by Gasteiger charge is 2.05. The van der Waals surface area contributed by atoms with Crippen LogP contribution >= 0.6 is 0 Å². The maximum atomic E-state index is 11.6. The number of pyridine rings is 1. The second kappa shape index (κ2) is 9.87. The van der Waals surface area contributed by atoms with E-state index in [0.29, 0.717) is 18.5 Å². The lowest BCUT2D eigenvalue weighted by molar-refractivity contribution is 0.0600. The molecule has 1 heterocycles. The maximum absolute atomic E-state index is 11.6. The largest absolute Gasteiger partial charge is 0.465 e. The minimum atomic E-state index is -0.452. The van der Waals surface area contributed by atoms with Crippen LogP contribution in [0.5, 0.6) is 0 Å². The predicted octanol–water partition coefficient (Wildman–Crippen LogP) is 3.20. The number of carbonyl (C=O) groups is 2. The highest BCUT2D eigenvalue weighted by molar-refractivity contribution is 5.89. The van der Waals surface area contributed by atoms with Crippen molar-refractivity contribution in [2.75, 3.05) is 13.7 Å². The molecule has 0 bridgehead atoms. The molecule has 0 spiro atoms. The summed E-state index contributed by atoms with van der Waals surface area (Å²) in [5.74, 6) is -0.425. The first kappa shape index (κ1) is 18.2. The van der Waals surface area contributed by atoms with Crippen molar-refractivity contribution in [2.24, 2.45) is 0 Å². The fourth-order valence-corrected chi connectivity index (χ4v) is 2.03. The lowest BCUT2D eigenvalue weighted by Crippen LogP contribution is -2.24. The van der Waals surface area contributed by atoms with Crippen LogP contribution < -0.4 is 5.32 Å². The Labute approximate surface area is 146 Å². The van der Waals surface area contributed by atoms with Gasteiger partial charge in [-0.2, -0.15) is 0 Å². The number of esters is 1. The molecule has 6 nitrogen and oxygen atoms in total. The van der Waals surface area contributed by atoms with Crippen LogP contribution in [0, 0.1) is 0 Å². The van der Waals surface area contributed by atoms with E-state index in [1.54, 1.807) is 12.3 Å². The summed E-state index contributed by atoms with van der Waals surface area (Å²) >= 11 is 0. The monoisotopic (exact) mass is 340 g/mol. The van der Waals surface area contributed by atoms with Gasteiger partial charge in [-0.25, -0.2) is 9.59 Å². The molecule has 1 aromatic carbocycles. The van der Waals surface area contributed by atoms with Crippen molar-refractivity contribution in [2.45, 2.75) is 13.0 Å². The Morgan fingerprint density at radius 2 is 2.00 bits per heavy atom. The summed E-state index contributed by atoms with van der Waals surface area (Å²) in [7, 11) is 1.33. The molecular formula is C19H20N2O4. The summed E-state index contributed by atoms with van der Waals surface area (Å²) in [6.07, 6.45) is 6.99. The molecular weight excluding hydrogens is 320 g/mol. The molecule has 0 fully saturated rings. The molecule has 2 aromatic rings. The Balaban J connectivity index is 1.69. The second-order valence-electron chi connectivity index (χ2n) is 5.18. The maximum Gasteiger partial charge on any atom is 0.407 e. The fourth-order valence-electron chi connectivity index (χ4n) is 2.03. The molecule has 0 aliphatic carbocycles. The molecule has 130 valence electrons. The van der Waals surface area contributed by atoms with Crippen LogP contribution in [0.15, 0.2) is 54.9 Å². The Kier molecular flexibility index (Phi) is 7.18. The molecule has 1 amide bonds. The van der Waals surface area contributed by atoms with E-state index in [1.165, 1.54) is 13.3 Å². The summed E-state index contributed by atoms with van der Waals surface area (Å²) in [5.41, 5.74) is 2.12. The number of alkyl carbamates (subject to hydrolysis) is 1. The summed E-state index contributed by atoms with van der Waals surface area (Å²) in [6, 6.07) is 11.2. The smallest absolute Gasteiger partial charge is 0.407 e. The van der Waals surface area contributed by atoms with E-state index >= 15 is 0 Å². The van der Waals surface area contributed by atoms with Gasteiger partial charge < -0.3 is 14.8 Å². The van der Waals surface area contributed by atoms with Crippen LogP contribution in [-0.4, -0.2) is 30.7 Å². The molecule has 1 N–H and O–H groups in total. The van der Waals surface area contributed by atoms with Gasteiger partial charge in [0, 0.05) is 18.9 Å². The van der Waals surface area contributed by atoms with Crippen LogP contribution in [0.25, 0.3) is 6.08 Å². The van der Waals surface area contributed by atoms with Crippen molar-refractivity contribution in [3.05, 3.63) is 71.6 Å². The number of hydrogen-bond donors (Lipinski definition) is 1. The number of rotatable bonds is 7. The van der Waals surface area contributed by atoms with Gasteiger partial charge in [-0.05, 0) is 23.6 Å². The average molecular weight is 340 g/mol. The number of nitrogens with one attached hydrogen (secondary N) is 1. The molecule has 0 aliphatic rings. The van der Waals surface area contributed by atoms with Gasteiger partial charge in [0.05, 0.1) is 12.7 Å². The van der Waals surface area contributed by atoms with E-state index in [2.05, 4.69) is 15.0 Å². The minimum Gasteiger partial charge on any atom is -0.465 e. The first-order chi connectivity index (χ1) is 12.2. The van der Waals surface area contributed by atoms with Crippen LogP contribution in [0.4, 0.5) is 4.79 Å². The van der Waals surface area contributed by atoms with Gasteiger partial charge in [0.25, 0.3) is 0 Å². The number of amides is 1. The molecule has 1 aromatic heterocycles. The molecule has 2 rings (SSSR count). The van der Waals surface area contributed by atoms with E-state index in [0.717, 1.165) is 11.1 Å². The van der Waals surface area contributed by atoms with Crippen LogP contribution in [0.2, 0.25) is 0 Å². The predicted molar refractivity (Wildman–Crippen MR) is 93.9 cm³/mol. The van der Waals surface area contributed by atoms with Crippen LogP contribution in [0.3, 0.4) is 0 Å². The highest BCUT2D eigenvalue weighted by atomic mass is 16.5. The molecule has 0 saturated carbocycles. The summed E-state index contributed by atoms with van der Waals surface area (Å²) in [6.45, 7) is 0.697. The summed E-state index contributed by atoms with van der Waals surface area (Å²) in [4.78, 5) is 27.0. The van der Waals surface area contributed by atoms with E-state index in [-0.39, 0.29) is 6.61 Å². The van der Waals surface area contributed by atoms with Crippen molar-refractivity contribution in [1.29, 1.82) is 0 Å². The number of methoxy groups -OCH3 is 1. The quantitative estimate of drug-likeness (QED) is 0.619. The Morgan fingerprint density at radius 3 is 2.76 bits per heavy atom. The van der Waals surface area contributed by atoms with Crippen molar-refractivity contribution in [3.8, 4) is 0 Å². The third kappa shape index (κ3) is 6.47. The lowest BCUT2D eigenvalue weighted by atomic mass is 10.2. The number of hydrogen-bond acceptors (Lipinski definition) is 5. The molecule has 0 atom stereocenters. The normalized spacial score (nSPS) is 10.4. The number of carbonyl (C=O) groups excluding carboxylic acids is 2. The van der Waals surface area contributed by atoms with E-state index in [4.69, 9.17) is 4.74 Å².